The van der Waals surface area contributed by atoms with Crippen molar-refractivity contribution in [2.24, 2.45) is 0 Å². The molecule has 8 heteroatoms. The van der Waals surface area contributed by atoms with E-state index in [1.165, 1.54) is 41.7 Å². The molecule has 4 nitrogen and oxygen atoms in total. The highest BCUT2D eigenvalue weighted by Gasteiger charge is 2.34. The molecule has 3 rings (SSSR count). The first-order valence-electron chi connectivity index (χ1n) is 7.38. The molecule has 0 amide bonds. The van der Waals surface area contributed by atoms with Gasteiger partial charge in [0.1, 0.15) is 11.4 Å². The maximum atomic E-state index is 13.4. The molecule has 0 saturated carbocycles. The van der Waals surface area contributed by atoms with Gasteiger partial charge in [-0.15, -0.1) is 11.3 Å². The number of halogens is 1. The fourth-order valence-corrected chi connectivity index (χ4v) is 5.13. The smallest absolute Gasteiger partial charge is 0.240 e. The largest absolute Gasteiger partial charge is 0.378 e. The van der Waals surface area contributed by atoms with E-state index in [-0.39, 0.29) is 17.0 Å². The van der Waals surface area contributed by atoms with E-state index in [1.54, 1.807) is 23.6 Å². The fourth-order valence-electron chi connectivity index (χ4n) is 2.41. The van der Waals surface area contributed by atoms with Gasteiger partial charge >= 0.3 is 0 Å². The first-order valence-corrected chi connectivity index (χ1v) is 10.7. The third-order valence-electron chi connectivity index (χ3n) is 3.89. The Kier molecular flexibility index (Phi) is 5.08. The quantitative estimate of drug-likeness (QED) is 0.669. The van der Waals surface area contributed by atoms with Crippen molar-refractivity contribution in [2.45, 2.75) is 17.4 Å². The lowest BCUT2D eigenvalue weighted by Crippen LogP contribution is -2.40. The predicted octanol–water partition coefficient (Wildman–Crippen LogP) is 3.47. The fraction of sp³-hybridized carbons (Fsp3) is 0.176. The van der Waals surface area contributed by atoms with Crippen molar-refractivity contribution in [3.8, 4) is 0 Å². The summed E-state index contributed by atoms with van der Waals surface area (Å²) < 4.78 is 40.9. The number of benzene rings is 1. The Morgan fingerprint density at radius 1 is 1.24 bits per heavy atom. The Bertz CT molecular complexity index is 917. The average Bonchev–Trinajstić information content (AvgIpc) is 3.29. The second-order valence-corrected chi connectivity index (χ2v) is 9.08. The summed E-state index contributed by atoms with van der Waals surface area (Å²) in [6.07, 6.45) is 0. The van der Waals surface area contributed by atoms with Gasteiger partial charge in [0.05, 0.1) is 4.90 Å². The van der Waals surface area contributed by atoms with E-state index in [0.29, 0.717) is 10.4 Å². The van der Waals surface area contributed by atoms with Crippen LogP contribution < -0.4 is 4.72 Å². The summed E-state index contributed by atoms with van der Waals surface area (Å²) >= 11 is 2.77. The van der Waals surface area contributed by atoms with Crippen LogP contribution in [0.2, 0.25) is 0 Å². The van der Waals surface area contributed by atoms with Gasteiger partial charge in [0.2, 0.25) is 10.0 Å². The van der Waals surface area contributed by atoms with Crippen molar-refractivity contribution >= 4 is 32.7 Å². The molecule has 0 aliphatic rings. The van der Waals surface area contributed by atoms with Gasteiger partial charge in [-0.1, -0.05) is 6.07 Å². The lowest BCUT2D eigenvalue weighted by Gasteiger charge is -2.27. The normalized spacial score (nSPS) is 14.4. The molecule has 0 bridgehead atoms. The van der Waals surface area contributed by atoms with Gasteiger partial charge < -0.3 is 5.11 Å². The van der Waals surface area contributed by atoms with Crippen LogP contribution in [0.25, 0.3) is 0 Å². The zero-order valence-corrected chi connectivity index (χ0v) is 15.7. The molecule has 0 saturated heterocycles. The molecule has 2 aromatic heterocycles. The van der Waals surface area contributed by atoms with Crippen LogP contribution in [0.5, 0.6) is 0 Å². The molecule has 2 N–H and O–H groups in total. The lowest BCUT2D eigenvalue weighted by atomic mass is 9.95. The van der Waals surface area contributed by atoms with Crippen molar-refractivity contribution in [3.63, 3.8) is 0 Å². The lowest BCUT2D eigenvalue weighted by molar-refractivity contribution is 0.0903. The van der Waals surface area contributed by atoms with Crippen molar-refractivity contribution in [1.82, 2.24) is 4.72 Å². The van der Waals surface area contributed by atoms with E-state index in [0.717, 1.165) is 6.07 Å². The van der Waals surface area contributed by atoms with Crippen LogP contribution in [0.1, 0.15) is 16.0 Å². The molecule has 0 fully saturated rings. The van der Waals surface area contributed by atoms with Crippen LogP contribution in [0.4, 0.5) is 4.39 Å². The minimum absolute atomic E-state index is 0.0368. The summed E-state index contributed by atoms with van der Waals surface area (Å²) in [7, 11) is -3.88. The van der Waals surface area contributed by atoms with Crippen LogP contribution in [-0.2, 0) is 15.6 Å². The van der Waals surface area contributed by atoms with E-state index < -0.39 is 21.4 Å². The highest BCUT2D eigenvalue weighted by molar-refractivity contribution is 7.89. The molecule has 1 atom stereocenters. The van der Waals surface area contributed by atoms with Crippen LogP contribution in [-0.4, -0.2) is 20.1 Å². The number of aryl methyl sites for hydroxylation is 1. The second-order valence-electron chi connectivity index (χ2n) is 5.59. The maximum Gasteiger partial charge on any atom is 0.240 e. The number of aliphatic hydroxyl groups is 1. The first kappa shape index (κ1) is 18.2. The molecule has 3 aromatic rings. The maximum absolute atomic E-state index is 13.4. The summed E-state index contributed by atoms with van der Waals surface area (Å²) in [6, 6.07) is 8.93. The summed E-state index contributed by atoms with van der Waals surface area (Å²) in [5.74, 6) is -0.465. The summed E-state index contributed by atoms with van der Waals surface area (Å²) in [6.45, 7) is 1.28. The van der Waals surface area contributed by atoms with E-state index in [9.17, 15) is 17.9 Å². The SMILES string of the molecule is Cc1cc(S(=O)(=O)NCC(O)(c2ccsc2)c2cccs2)ccc1F. The first-order chi connectivity index (χ1) is 11.8. The average molecular weight is 398 g/mol. The van der Waals surface area contributed by atoms with E-state index >= 15 is 0 Å². The van der Waals surface area contributed by atoms with Crippen molar-refractivity contribution < 1.29 is 17.9 Å². The number of nitrogens with one attached hydrogen (secondary N) is 1. The van der Waals surface area contributed by atoms with Crippen LogP contribution in [0.15, 0.2) is 57.4 Å². The minimum atomic E-state index is -3.88. The van der Waals surface area contributed by atoms with E-state index in [4.69, 9.17) is 0 Å². The summed E-state index contributed by atoms with van der Waals surface area (Å²) in [5, 5.41) is 16.6. The van der Waals surface area contributed by atoms with Gasteiger partial charge in [-0.3, -0.25) is 0 Å². The van der Waals surface area contributed by atoms with Gasteiger partial charge in [0.25, 0.3) is 0 Å². The molecule has 25 heavy (non-hydrogen) atoms. The Morgan fingerprint density at radius 3 is 2.64 bits per heavy atom. The summed E-state index contributed by atoms with van der Waals surface area (Å²) in [5.41, 5.74) is -0.594. The van der Waals surface area contributed by atoms with Gasteiger partial charge in [-0.05, 0) is 59.0 Å². The molecule has 0 aliphatic heterocycles. The second kappa shape index (κ2) is 6.97. The number of rotatable bonds is 6. The molecule has 0 spiro atoms. The van der Waals surface area contributed by atoms with Crippen LogP contribution in [0.3, 0.4) is 0 Å². The Labute approximate surface area is 153 Å². The highest BCUT2D eigenvalue weighted by atomic mass is 32.2. The number of hydrogen-bond acceptors (Lipinski definition) is 5. The molecule has 1 unspecified atom stereocenters. The zero-order valence-electron chi connectivity index (χ0n) is 13.3. The molecule has 0 aliphatic carbocycles. The molecule has 1 aromatic carbocycles. The standard InChI is InChI=1S/C17H16FNO3S3/c1-12-9-14(4-5-15(12)18)25(21,22)19-11-17(20,13-6-8-23-10-13)16-3-2-7-24-16/h2-10,19-20H,11H2,1H3. The third kappa shape index (κ3) is 3.68. The van der Waals surface area contributed by atoms with E-state index in [1.807, 2.05) is 10.8 Å². The zero-order chi connectivity index (χ0) is 18.1. The topological polar surface area (TPSA) is 66.4 Å². The Morgan fingerprint density at radius 2 is 2.04 bits per heavy atom. The Balaban J connectivity index is 1.90. The number of hydrogen-bond donors (Lipinski definition) is 2. The third-order valence-corrected chi connectivity index (χ3v) is 6.99. The minimum Gasteiger partial charge on any atom is -0.378 e. The van der Waals surface area contributed by atoms with Crippen molar-refractivity contribution in [3.05, 3.63) is 74.4 Å². The monoisotopic (exact) mass is 397 g/mol. The molecule has 2 heterocycles. The highest BCUT2D eigenvalue weighted by Crippen LogP contribution is 2.34. The van der Waals surface area contributed by atoms with Crippen molar-refractivity contribution in [1.29, 1.82) is 0 Å². The predicted molar refractivity (Wildman–Crippen MR) is 98.0 cm³/mol. The molecule has 132 valence electrons. The van der Waals surface area contributed by atoms with E-state index in [2.05, 4.69) is 4.72 Å². The number of sulfonamides is 1. The van der Waals surface area contributed by atoms with Gasteiger partial charge in [0.15, 0.2) is 0 Å². The summed E-state index contributed by atoms with van der Waals surface area (Å²) in [4.78, 5) is 0.606. The molecular weight excluding hydrogens is 381 g/mol. The van der Waals surface area contributed by atoms with Crippen LogP contribution in [0, 0.1) is 12.7 Å². The molecule has 0 radical (unpaired) electrons. The van der Waals surface area contributed by atoms with Crippen molar-refractivity contribution in [2.75, 3.05) is 6.54 Å². The molecular formula is C17H16FNO3S3. The number of thiophene rings is 2. The Hall–Kier alpha value is -1.58. The van der Waals surface area contributed by atoms with Gasteiger partial charge in [-0.2, -0.15) is 11.3 Å². The van der Waals surface area contributed by atoms with Gasteiger partial charge in [0, 0.05) is 17.0 Å². The van der Waals surface area contributed by atoms with Gasteiger partial charge in [-0.25, -0.2) is 17.5 Å². The van der Waals surface area contributed by atoms with Crippen LogP contribution >= 0.6 is 22.7 Å².